The molecule has 0 aromatic heterocycles. The summed E-state index contributed by atoms with van der Waals surface area (Å²) in [5.74, 6) is 0.111. The molecule has 0 fully saturated rings. The Morgan fingerprint density at radius 3 is 2.56 bits per heavy atom. The van der Waals surface area contributed by atoms with E-state index in [1.807, 2.05) is 36.4 Å². The molecule has 0 aliphatic rings. The molecular formula is C15H16O3. The Kier molecular flexibility index (Phi) is 3.82. The van der Waals surface area contributed by atoms with Crippen molar-refractivity contribution >= 4 is 16.7 Å². The lowest BCUT2D eigenvalue weighted by molar-refractivity contribution is -0.137. The Balaban J connectivity index is 2.31. The molecule has 0 heterocycles. The highest BCUT2D eigenvalue weighted by Gasteiger charge is 2.06. The van der Waals surface area contributed by atoms with E-state index < -0.39 is 5.97 Å². The number of methoxy groups -OCH3 is 1. The van der Waals surface area contributed by atoms with Gasteiger partial charge in [0.2, 0.25) is 0 Å². The maximum Gasteiger partial charge on any atom is 0.303 e. The number of fused-ring (bicyclic) bond motifs is 1. The Hall–Kier alpha value is -2.03. The standard InChI is InChI=1S/C15H16O3/c1-18-14-10-9-11(5-4-8-15(16)17)12-6-2-3-7-13(12)14/h2-3,6-7,9-10H,4-5,8H2,1H3,(H,16,17). The highest BCUT2D eigenvalue weighted by molar-refractivity contribution is 5.91. The van der Waals surface area contributed by atoms with Crippen LogP contribution in [0.25, 0.3) is 10.8 Å². The summed E-state index contributed by atoms with van der Waals surface area (Å²) in [6.07, 6.45) is 1.64. The molecule has 0 saturated carbocycles. The number of aryl methyl sites for hydroxylation is 1. The van der Waals surface area contributed by atoms with E-state index in [4.69, 9.17) is 9.84 Å². The Morgan fingerprint density at radius 1 is 1.17 bits per heavy atom. The molecule has 0 saturated heterocycles. The van der Waals surface area contributed by atoms with Crippen molar-refractivity contribution in [2.45, 2.75) is 19.3 Å². The summed E-state index contributed by atoms with van der Waals surface area (Å²) < 4.78 is 5.33. The molecule has 0 unspecified atom stereocenters. The molecule has 2 rings (SSSR count). The summed E-state index contributed by atoms with van der Waals surface area (Å²) in [7, 11) is 1.66. The number of rotatable bonds is 5. The summed E-state index contributed by atoms with van der Waals surface area (Å²) in [6, 6.07) is 12.0. The van der Waals surface area contributed by atoms with E-state index in [1.54, 1.807) is 7.11 Å². The van der Waals surface area contributed by atoms with Gasteiger partial charge in [0.1, 0.15) is 5.75 Å². The van der Waals surface area contributed by atoms with Crippen LogP contribution >= 0.6 is 0 Å². The van der Waals surface area contributed by atoms with Crippen LogP contribution in [-0.4, -0.2) is 18.2 Å². The van der Waals surface area contributed by atoms with Crippen molar-refractivity contribution in [1.82, 2.24) is 0 Å². The van der Waals surface area contributed by atoms with Crippen molar-refractivity contribution in [3.05, 3.63) is 42.0 Å². The van der Waals surface area contributed by atoms with Crippen LogP contribution in [-0.2, 0) is 11.2 Å². The highest BCUT2D eigenvalue weighted by atomic mass is 16.5. The first kappa shape index (κ1) is 12.4. The van der Waals surface area contributed by atoms with Crippen molar-refractivity contribution in [1.29, 1.82) is 0 Å². The molecule has 0 spiro atoms. The van der Waals surface area contributed by atoms with Gasteiger partial charge in [-0.05, 0) is 29.9 Å². The molecule has 18 heavy (non-hydrogen) atoms. The molecule has 0 atom stereocenters. The van der Waals surface area contributed by atoms with E-state index in [-0.39, 0.29) is 6.42 Å². The molecule has 0 aliphatic heterocycles. The summed E-state index contributed by atoms with van der Waals surface area (Å²) >= 11 is 0. The van der Waals surface area contributed by atoms with Crippen LogP contribution in [0, 0.1) is 0 Å². The second-order valence-corrected chi connectivity index (χ2v) is 4.22. The molecule has 2 aromatic carbocycles. The van der Waals surface area contributed by atoms with Gasteiger partial charge in [-0.1, -0.05) is 30.3 Å². The van der Waals surface area contributed by atoms with E-state index in [1.165, 1.54) is 5.56 Å². The van der Waals surface area contributed by atoms with Crippen LogP contribution in [0.15, 0.2) is 36.4 Å². The van der Waals surface area contributed by atoms with Crippen molar-refractivity contribution in [2.75, 3.05) is 7.11 Å². The van der Waals surface area contributed by atoms with Gasteiger partial charge in [0.05, 0.1) is 7.11 Å². The fourth-order valence-corrected chi connectivity index (χ4v) is 2.16. The third-order valence-corrected chi connectivity index (χ3v) is 3.03. The van der Waals surface area contributed by atoms with Crippen LogP contribution in [0.1, 0.15) is 18.4 Å². The summed E-state index contributed by atoms with van der Waals surface area (Å²) in [6.45, 7) is 0. The lowest BCUT2D eigenvalue weighted by Crippen LogP contribution is -1.97. The van der Waals surface area contributed by atoms with Gasteiger partial charge < -0.3 is 9.84 Å². The number of carboxylic acids is 1. The molecule has 0 amide bonds. The van der Waals surface area contributed by atoms with Crippen LogP contribution in [0.4, 0.5) is 0 Å². The Labute approximate surface area is 106 Å². The molecular weight excluding hydrogens is 228 g/mol. The minimum Gasteiger partial charge on any atom is -0.496 e. The highest BCUT2D eigenvalue weighted by Crippen LogP contribution is 2.29. The minimum atomic E-state index is -0.743. The number of hydrogen-bond acceptors (Lipinski definition) is 2. The number of carboxylic acid groups (broad SMARTS) is 1. The number of aliphatic carboxylic acids is 1. The van der Waals surface area contributed by atoms with Gasteiger partial charge in [0.25, 0.3) is 0 Å². The first-order valence-corrected chi connectivity index (χ1v) is 5.99. The Bertz CT molecular complexity index is 561. The molecule has 3 nitrogen and oxygen atoms in total. The SMILES string of the molecule is COc1ccc(CCCC(=O)O)c2ccccc12. The summed E-state index contributed by atoms with van der Waals surface area (Å²) in [4.78, 5) is 10.5. The van der Waals surface area contributed by atoms with Crippen LogP contribution in [0.3, 0.4) is 0 Å². The molecule has 0 bridgehead atoms. The van der Waals surface area contributed by atoms with E-state index in [9.17, 15) is 4.79 Å². The molecule has 0 aliphatic carbocycles. The van der Waals surface area contributed by atoms with Crippen LogP contribution in [0.2, 0.25) is 0 Å². The maximum absolute atomic E-state index is 10.5. The zero-order valence-electron chi connectivity index (χ0n) is 10.3. The first-order chi connectivity index (χ1) is 8.72. The predicted molar refractivity (Wildman–Crippen MR) is 71.1 cm³/mol. The first-order valence-electron chi connectivity index (χ1n) is 5.99. The smallest absolute Gasteiger partial charge is 0.303 e. The van der Waals surface area contributed by atoms with Gasteiger partial charge in [-0.15, -0.1) is 0 Å². The second-order valence-electron chi connectivity index (χ2n) is 4.22. The molecule has 1 N–H and O–H groups in total. The van der Waals surface area contributed by atoms with Crippen molar-refractivity contribution < 1.29 is 14.6 Å². The van der Waals surface area contributed by atoms with Gasteiger partial charge in [-0.3, -0.25) is 4.79 Å². The minimum absolute atomic E-state index is 0.209. The fourth-order valence-electron chi connectivity index (χ4n) is 2.16. The van der Waals surface area contributed by atoms with Gasteiger partial charge in [-0.2, -0.15) is 0 Å². The van der Waals surface area contributed by atoms with Gasteiger partial charge in [-0.25, -0.2) is 0 Å². The third kappa shape index (κ3) is 2.62. The molecule has 3 heteroatoms. The largest absolute Gasteiger partial charge is 0.496 e. The Morgan fingerprint density at radius 2 is 1.89 bits per heavy atom. The molecule has 94 valence electrons. The monoisotopic (exact) mass is 244 g/mol. The van der Waals surface area contributed by atoms with Gasteiger partial charge in [0.15, 0.2) is 0 Å². The van der Waals surface area contributed by atoms with Gasteiger partial charge in [0, 0.05) is 11.8 Å². The van der Waals surface area contributed by atoms with Gasteiger partial charge >= 0.3 is 5.97 Å². The van der Waals surface area contributed by atoms with E-state index in [2.05, 4.69) is 0 Å². The zero-order valence-corrected chi connectivity index (χ0v) is 10.3. The van der Waals surface area contributed by atoms with E-state index in [0.29, 0.717) is 6.42 Å². The predicted octanol–water partition coefficient (Wildman–Crippen LogP) is 3.26. The van der Waals surface area contributed by atoms with Crippen molar-refractivity contribution in [3.8, 4) is 5.75 Å². The van der Waals surface area contributed by atoms with Crippen LogP contribution < -0.4 is 4.74 Å². The normalized spacial score (nSPS) is 10.5. The average Bonchev–Trinajstić information content (AvgIpc) is 2.38. The second kappa shape index (κ2) is 5.54. The van der Waals surface area contributed by atoms with Crippen molar-refractivity contribution in [2.24, 2.45) is 0 Å². The lowest BCUT2D eigenvalue weighted by Gasteiger charge is -2.10. The maximum atomic E-state index is 10.5. The number of hydrogen-bond donors (Lipinski definition) is 1. The average molecular weight is 244 g/mol. The summed E-state index contributed by atoms with van der Waals surface area (Å²) in [5.41, 5.74) is 1.17. The third-order valence-electron chi connectivity index (χ3n) is 3.03. The van der Waals surface area contributed by atoms with Crippen LogP contribution in [0.5, 0.6) is 5.75 Å². The number of ether oxygens (including phenoxy) is 1. The van der Waals surface area contributed by atoms with E-state index in [0.717, 1.165) is 22.9 Å². The number of carbonyl (C=O) groups is 1. The fraction of sp³-hybridized carbons (Fsp3) is 0.267. The summed E-state index contributed by atoms with van der Waals surface area (Å²) in [5, 5.41) is 10.9. The lowest BCUT2D eigenvalue weighted by atomic mass is 9.99. The molecule has 0 radical (unpaired) electrons. The van der Waals surface area contributed by atoms with Crippen molar-refractivity contribution in [3.63, 3.8) is 0 Å². The zero-order chi connectivity index (χ0) is 13.0. The number of benzene rings is 2. The van der Waals surface area contributed by atoms with E-state index >= 15 is 0 Å². The quantitative estimate of drug-likeness (QED) is 0.878. The topological polar surface area (TPSA) is 46.5 Å². The molecule has 2 aromatic rings.